The Bertz CT molecular complexity index is 1060. The fourth-order valence-corrected chi connectivity index (χ4v) is 6.08. The van der Waals surface area contributed by atoms with E-state index in [1.165, 1.54) is 5.56 Å². The van der Waals surface area contributed by atoms with Crippen molar-refractivity contribution in [2.45, 2.75) is 55.9 Å². The molecule has 5 rings (SSSR count). The minimum absolute atomic E-state index is 0.150. The molecule has 1 saturated carbocycles. The molecule has 2 aliphatic carbocycles. The van der Waals surface area contributed by atoms with Crippen molar-refractivity contribution in [3.05, 3.63) is 59.2 Å². The van der Waals surface area contributed by atoms with Crippen molar-refractivity contribution in [2.75, 3.05) is 11.4 Å². The minimum Gasteiger partial charge on any atom is -0.312 e. The Hall–Kier alpha value is -2.18. The molecule has 0 spiro atoms. The van der Waals surface area contributed by atoms with Gasteiger partial charge in [-0.05, 0) is 73.4 Å². The molecule has 5 nitrogen and oxygen atoms in total. The number of amides is 1. The largest absolute Gasteiger partial charge is 0.312 e. The highest BCUT2D eigenvalue weighted by Gasteiger charge is 2.34. The lowest BCUT2D eigenvalue weighted by atomic mass is 9.84. The van der Waals surface area contributed by atoms with Gasteiger partial charge in [0.2, 0.25) is 15.9 Å². The molecule has 1 aliphatic heterocycles. The fourth-order valence-electron chi connectivity index (χ4n) is 4.78. The van der Waals surface area contributed by atoms with Crippen molar-refractivity contribution in [2.24, 2.45) is 5.92 Å². The molecule has 1 heterocycles. The minimum atomic E-state index is -3.63. The van der Waals surface area contributed by atoms with Gasteiger partial charge < -0.3 is 4.90 Å². The molecular formula is C23H26N2O3S. The van der Waals surface area contributed by atoms with Crippen LogP contribution in [0, 0.1) is 5.92 Å². The first-order valence-corrected chi connectivity index (χ1v) is 12.1. The van der Waals surface area contributed by atoms with E-state index in [4.69, 9.17) is 0 Å². The maximum atomic E-state index is 13.1. The molecule has 0 radical (unpaired) electrons. The molecule has 29 heavy (non-hydrogen) atoms. The summed E-state index contributed by atoms with van der Waals surface area (Å²) in [6, 6.07) is 13.1. The average molecular weight is 411 g/mol. The van der Waals surface area contributed by atoms with Gasteiger partial charge in [-0.3, -0.25) is 4.79 Å². The van der Waals surface area contributed by atoms with Gasteiger partial charge >= 0.3 is 0 Å². The normalized spacial score (nSPS) is 21.4. The smallest absolute Gasteiger partial charge is 0.241 e. The topological polar surface area (TPSA) is 66.5 Å². The van der Waals surface area contributed by atoms with E-state index in [1.807, 2.05) is 29.2 Å². The lowest BCUT2D eigenvalue weighted by Gasteiger charge is -2.29. The van der Waals surface area contributed by atoms with Crippen molar-refractivity contribution >= 4 is 21.6 Å². The van der Waals surface area contributed by atoms with Crippen LogP contribution in [0.4, 0.5) is 5.69 Å². The third-order valence-electron chi connectivity index (χ3n) is 6.64. The number of anilines is 1. The Kier molecular flexibility index (Phi) is 4.71. The lowest BCUT2D eigenvalue weighted by molar-refractivity contribution is -0.124. The van der Waals surface area contributed by atoms with E-state index < -0.39 is 10.0 Å². The van der Waals surface area contributed by atoms with Crippen molar-refractivity contribution in [1.82, 2.24) is 4.72 Å². The van der Waals surface area contributed by atoms with E-state index in [2.05, 4.69) is 10.8 Å². The van der Waals surface area contributed by atoms with E-state index >= 15 is 0 Å². The first-order valence-electron chi connectivity index (χ1n) is 10.6. The summed E-state index contributed by atoms with van der Waals surface area (Å²) in [5, 5.41) is 0. The number of carbonyl (C=O) groups excluding carboxylic acids is 1. The summed E-state index contributed by atoms with van der Waals surface area (Å²) < 4.78 is 29.1. The quantitative estimate of drug-likeness (QED) is 0.835. The van der Waals surface area contributed by atoms with E-state index in [1.54, 1.807) is 12.1 Å². The van der Waals surface area contributed by atoms with E-state index in [0.29, 0.717) is 13.0 Å². The zero-order chi connectivity index (χ0) is 20.0. The summed E-state index contributed by atoms with van der Waals surface area (Å²) in [5.74, 6) is 0.347. The molecule has 152 valence electrons. The molecule has 3 aliphatic rings. The Labute approximate surface area is 172 Å². The van der Waals surface area contributed by atoms with E-state index in [-0.39, 0.29) is 22.8 Å². The fraction of sp³-hybridized carbons (Fsp3) is 0.435. The summed E-state index contributed by atoms with van der Waals surface area (Å²) in [7, 11) is -3.63. The molecule has 0 aromatic heterocycles. The second-order valence-electron chi connectivity index (χ2n) is 8.42. The predicted molar refractivity (Wildman–Crippen MR) is 112 cm³/mol. The van der Waals surface area contributed by atoms with Crippen LogP contribution in [0.1, 0.15) is 54.8 Å². The maximum Gasteiger partial charge on any atom is 0.241 e. The van der Waals surface area contributed by atoms with Crippen LogP contribution in [0.15, 0.2) is 47.4 Å². The highest BCUT2D eigenvalue weighted by Crippen LogP contribution is 2.36. The van der Waals surface area contributed by atoms with Crippen molar-refractivity contribution < 1.29 is 13.2 Å². The molecule has 6 heteroatoms. The van der Waals surface area contributed by atoms with Crippen molar-refractivity contribution in [3.63, 3.8) is 0 Å². The molecule has 2 aromatic rings. The summed E-state index contributed by atoms with van der Waals surface area (Å²) in [5.41, 5.74) is 4.14. The molecule has 1 atom stereocenters. The first kappa shape index (κ1) is 18.8. The first-order chi connectivity index (χ1) is 14.0. The Morgan fingerprint density at radius 2 is 1.79 bits per heavy atom. The zero-order valence-electron chi connectivity index (χ0n) is 16.4. The monoisotopic (exact) mass is 410 g/mol. The second kappa shape index (κ2) is 7.26. The molecule has 2 aromatic carbocycles. The van der Waals surface area contributed by atoms with Crippen LogP contribution in [0.25, 0.3) is 0 Å². The van der Waals surface area contributed by atoms with Gasteiger partial charge in [0.15, 0.2) is 0 Å². The number of benzene rings is 2. The molecule has 1 N–H and O–H groups in total. The number of sulfonamides is 1. The van der Waals surface area contributed by atoms with Gasteiger partial charge in [0.25, 0.3) is 0 Å². The molecule has 1 fully saturated rings. The number of nitrogens with zero attached hydrogens (tertiary/aromatic N) is 1. The highest BCUT2D eigenvalue weighted by atomic mass is 32.2. The number of hydrogen-bond acceptors (Lipinski definition) is 3. The standard InChI is InChI=1S/C23H26N2O3S/c26-23(17-7-3-8-17)25-14-13-18-15-19(11-12-22(18)25)29(27,28)24-21-10-4-6-16-5-1-2-9-20(16)21/h1-2,5,9,11-12,15,17,21,24H,3-4,6-8,10,13-14H2/t21-/m0/s1. The van der Waals surface area contributed by atoms with E-state index in [9.17, 15) is 13.2 Å². The Morgan fingerprint density at radius 3 is 2.59 bits per heavy atom. The van der Waals surface area contributed by atoms with Gasteiger partial charge in [0, 0.05) is 24.2 Å². The van der Waals surface area contributed by atoms with Crippen molar-refractivity contribution in [3.8, 4) is 0 Å². The molecule has 0 unspecified atom stereocenters. The summed E-state index contributed by atoms with van der Waals surface area (Å²) in [4.78, 5) is 14.8. The summed E-state index contributed by atoms with van der Waals surface area (Å²) in [6.45, 7) is 0.650. The zero-order valence-corrected chi connectivity index (χ0v) is 17.2. The van der Waals surface area contributed by atoms with Gasteiger partial charge in [-0.1, -0.05) is 30.7 Å². The molecule has 0 bridgehead atoms. The number of fused-ring (bicyclic) bond motifs is 2. The Morgan fingerprint density at radius 1 is 0.966 bits per heavy atom. The van der Waals surface area contributed by atoms with Gasteiger partial charge in [-0.25, -0.2) is 13.1 Å². The Balaban J connectivity index is 1.38. The maximum absolute atomic E-state index is 13.1. The highest BCUT2D eigenvalue weighted by molar-refractivity contribution is 7.89. The van der Waals surface area contributed by atoms with Gasteiger partial charge in [-0.2, -0.15) is 0 Å². The van der Waals surface area contributed by atoms with Gasteiger partial charge in [-0.15, -0.1) is 0 Å². The van der Waals surface area contributed by atoms with Crippen LogP contribution in [-0.4, -0.2) is 20.9 Å². The van der Waals surface area contributed by atoms with Gasteiger partial charge in [0.1, 0.15) is 0 Å². The third kappa shape index (κ3) is 3.38. The lowest BCUT2D eigenvalue weighted by Crippen LogP contribution is -2.37. The summed E-state index contributed by atoms with van der Waals surface area (Å²) >= 11 is 0. The number of nitrogens with one attached hydrogen (secondary N) is 1. The molecular weight excluding hydrogens is 384 g/mol. The van der Waals surface area contributed by atoms with Crippen LogP contribution in [0.3, 0.4) is 0 Å². The number of hydrogen-bond donors (Lipinski definition) is 1. The van der Waals surface area contributed by atoms with E-state index in [0.717, 1.165) is 55.3 Å². The second-order valence-corrected chi connectivity index (χ2v) is 10.1. The third-order valence-corrected chi connectivity index (χ3v) is 8.11. The number of aryl methyl sites for hydroxylation is 1. The van der Waals surface area contributed by atoms with Crippen molar-refractivity contribution in [1.29, 1.82) is 0 Å². The van der Waals surface area contributed by atoms with Crippen LogP contribution >= 0.6 is 0 Å². The van der Waals surface area contributed by atoms with Crippen LogP contribution in [0.2, 0.25) is 0 Å². The van der Waals surface area contributed by atoms with Gasteiger partial charge in [0.05, 0.1) is 4.90 Å². The SMILES string of the molecule is O=C(C1CCC1)N1CCc2cc(S(=O)(=O)N[C@H]3CCCc4ccccc43)ccc21. The number of carbonyl (C=O) groups is 1. The van der Waals surface area contributed by atoms with Crippen LogP contribution < -0.4 is 9.62 Å². The average Bonchev–Trinajstić information content (AvgIpc) is 3.10. The summed E-state index contributed by atoms with van der Waals surface area (Å²) in [6.07, 6.45) is 6.58. The molecule has 0 saturated heterocycles. The predicted octanol–water partition coefficient (Wildman–Crippen LogP) is 3.73. The van der Waals surface area contributed by atoms with Crippen LogP contribution in [-0.2, 0) is 27.7 Å². The number of rotatable bonds is 4. The van der Waals surface area contributed by atoms with Crippen LogP contribution in [0.5, 0.6) is 0 Å². The molecule has 1 amide bonds.